The van der Waals surface area contributed by atoms with Gasteiger partial charge in [-0.15, -0.1) is 12.4 Å². The van der Waals surface area contributed by atoms with E-state index in [4.69, 9.17) is 5.73 Å². The Morgan fingerprint density at radius 1 is 1.43 bits per heavy atom. The number of hydrogen-bond donors (Lipinski definition) is 2. The van der Waals surface area contributed by atoms with Crippen LogP contribution in [0.4, 0.5) is 9.18 Å². The van der Waals surface area contributed by atoms with Gasteiger partial charge < -0.3 is 5.73 Å². The van der Waals surface area contributed by atoms with Crippen molar-refractivity contribution in [3.8, 4) is 0 Å². The Morgan fingerprint density at radius 3 is 2.50 bits per heavy atom. The molecule has 14 heavy (non-hydrogen) atoms. The van der Waals surface area contributed by atoms with E-state index in [0.717, 1.165) is 0 Å². The van der Waals surface area contributed by atoms with Crippen molar-refractivity contribution in [3.05, 3.63) is 35.6 Å². The van der Waals surface area contributed by atoms with Crippen LogP contribution in [0.25, 0.3) is 0 Å². The van der Waals surface area contributed by atoms with Crippen LogP contribution in [0.5, 0.6) is 0 Å². The van der Waals surface area contributed by atoms with Gasteiger partial charge in [0, 0.05) is 0 Å². The fourth-order valence-electron chi connectivity index (χ4n) is 0.719. The van der Waals surface area contributed by atoms with Crippen molar-refractivity contribution < 1.29 is 9.18 Å². The number of urea groups is 1. The number of hydrazone groups is 1. The monoisotopic (exact) mass is 217 g/mol. The molecule has 1 aromatic carbocycles. The number of carbonyl (C=O) groups excluding carboxylic acids is 1. The van der Waals surface area contributed by atoms with Crippen LogP contribution >= 0.6 is 12.4 Å². The molecule has 0 bridgehead atoms. The Bertz CT molecular complexity index is 326. The van der Waals surface area contributed by atoms with Crippen molar-refractivity contribution in [2.45, 2.75) is 0 Å². The van der Waals surface area contributed by atoms with Gasteiger partial charge in [0.25, 0.3) is 0 Å². The van der Waals surface area contributed by atoms with Crippen molar-refractivity contribution in [2.75, 3.05) is 0 Å². The van der Waals surface area contributed by atoms with Gasteiger partial charge in [-0.2, -0.15) is 5.10 Å². The van der Waals surface area contributed by atoms with E-state index in [-0.39, 0.29) is 18.2 Å². The van der Waals surface area contributed by atoms with Crippen LogP contribution in [-0.4, -0.2) is 12.2 Å². The second-order valence-electron chi connectivity index (χ2n) is 2.29. The maximum atomic E-state index is 12.4. The molecule has 6 heteroatoms. The molecule has 76 valence electrons. The van der Waals surface area contributed by atoms with Crippen molar-refractivity contribution >= 4 is 24.7 Å². The molecule has 0 atom stereocenters. The average Bonchev–Trinajstić information content (AvgIpc) is 2.08. The minimum atomic E-state index is -0.738. The zero-order valence-corrected chi connectivity index (χ0v) is 7.92. The van der Waals surface area contributed by atoms with Crippen LogP contribution in [-0.2, 0) is 0 Å². The first-order chi connectivity index (χ1) is 6.18. The average molecular weight is 218 g/mol. The minimum Gasteiger partial charge on any atom is -0.350 e. The Morgan fingerprint density at radius 2 is 2.00 bits per heavy atom. The summed E-state index contributed by atoms with van der Waals surface area (Å²) >= 11 is 0. The molecule has 0 heterocycles. The van der Waals surface area contributed by atoms with E-state index in [0.29, 0.717) is 5.56 Å². The fourth-order valence-corrected chi connectivity index (χ4v) is 0.719. The highest BCUT2D eigenvalue weighted by Gasteiger charge is 1.89. The lowest BCUT2D eigenvalue weighted by atomic mass is 10.2. The van der Waals surface area contributed by atoms with Crippen LogP contribution < -0.4 is 11.2 Å². The lowest BCUT2D eigenvalue weighted by Gasteiger charge is -1.92. The van der Waals surface area contributed by atoms with E-state index in [2.05, 4.69) is 5.10 Å². The molecule has 0 spiro atoms. The third kappa shape index (κ3) is 4.42. The van der Waals surface area contributed by atoms with Crippen LogP contribution in [0.15, 0.2) is 29.4 Å². The molecule has 1 rings (SSSR count). The smallest absolute Gasteiger partial charge is 0.332 e. The normalized spacial score (nSPS) is 9.50. The van der Waals surface area contributed by atoms with Gasteiger partial charge in [-0.1, -0.05) is 12.1 Å². The molecule has 3 N–H and O–H groups in total. The lowest BCUT2D eigenvalue weighted by molar-refractivity contribution is 0.249. The second kappa shape index (κ2) is 5.93. The zero-order valence-electron chi connectivity index (χ0n) is 7.11. The summed E-state index contributed by atoms with van der Waals surface area (Å²) in [6.07, 6.45) is 1.37. The van der Waals surface area contributed by atoms with Gasteiger partial charge in [0.15, 0.2) is 0 Å². The van der Waals surface area contributed by atoms with E-state index in [1.165, 1.54) is 30.5 Å². The molecular weight excluding hydrogens is 209 g/mol. The highest BCUT2D eigenvalue weighted by atomic mass is 35.5. The van der Waals surface area contributed by atoms with Crippen LogP contribution in [0.1, 0.15) is 5.56 Å². The number of primary amides is 1. The Labute approximate surface area is 86.4 Å². The summed E-state index contributed by atoms with van der Waals surface area (Å²) in [5.41, 5.74) is 7.46. The summed E-state index contributed by atoms with van der Waals surface area (Å²) in [5.74, 6) is -0.319. The second-order valence-corrected chi connectivity index (χ2v) is 2.29. The summed E-state index contributed by atoms with van der Waals surface area (Å²) in [7, 11) is 0. The molecular formula is C8H9ClFN3O. The van der Waals surface area contributed by atoms with Gasteiger partial charge in [-0.05, 0) is 17.7 Å². The zero-order chi connectivity index (χ0) is 9.68. The predicted molar refractivity (Wildman–Crippen MR) is 54.0 cm³/mol. The fraction of sp³-hybridized carbons (Fsp3) is 0. The highest BCUT2D eigenvalue weighted by molar-refractivity contribution is 5.85. The number of benzene rings is 1. The minimum absolute atomic E-state index is 0. The van der Waals surface area contributed by atoms with Gasteiger partial charge in [-0.25, -0.2) is 14.6 Å². The summed E-state index contributed by atoms with van der Waals surface area (Å²) in [6.45, 7) is 0. The Kier molecular flexibility index (Phi) is 5.24. The highest BCUT2D eigenvalue weighted by Crippen LogP contribution is 1.99. The first-order valence-electron chi connectivity index (χ1n) is 3.52. The van der Waals surface area contributed by atoms with Gasteiger partial charge >= 0.3 is 6.03 Å². The molecule has 0 aliphatic carbocycles. The van der Waals surface area contributed by atoms with Crippen molar-refractivity contribution in [2.24, 2.45) is 10.8 Å². The number of hydrogen-bond acceptors (Lipinski definition) is 2. The van der Waals surface area contributed by atoms with E-state index in [1.807, 2.05) is 5.43 Å². The number of nitrogens with one attached hydrogen (secondary N) is 1. The molecule has 0 aliphatic rings. The molecule has 4 nitrogen and oxygen atoms in total. The van der Waals surface area contributed by atoms with Gasteiger partial charge in [0.1, 0.15) is 5.82 Å². The molecule has 0 aliphatic heterocycles. The van der Waals surface area contributed by atoms with Gasteiger partial charge in [0.2, 0.25) is 0 Å². The molecule has 0 saturated carbocycles. The number of carbonyl (C=O) groups is 1. The van der Waals surface area contributed by atoms with E-state index in [9.17, 15) is 9.18 Å². The van der Waals surface area contributed by atoms with Gasteiger partial charge in [-0.3, -0.25) is 0 Å². The molecule has 2 amide bonds. The largest absolute Gasteiger partial charge is 0.350 e. The van der Waals surface area contributed by atoms with Crippen LogP contribution in [0.3, 0.4) is 0 Å². The summed E-state index contributed by atoms with van der Waals surface area (Å²) in [5, 5.41) is 3.50. The summed E-state index contributed by atoms with van der Waals surface area (Å²) < 4.78 is 12.4. The Hall–Kier alpha value is -1.62. The standard InChI is InChI=1S/C8H8FN3O.ClH/c9-7-3-1-6(2-4-7)5-11-12-8(10)13;/h1-5H,(H3,10,12,13);1H/b11-5+;. The third-order valence-electron chi connectivity index (χ3n) is 1.26. The SMILES string of the molecule is Cl.NC(=O)N/N=C/c1ccc(F)cc1. The van der Waals surface area contributed by atoms with E-state index in [1.54, 1.807) is 0 Å². The molecule has 0 unspecified atom stereocenters. The topological polar surface area (TPSA) is 67.5 Å². The molecule has 0 fully saturated rings. The number of rotatable bonds is 2. The number of halogens is 2. The van der Waals surface area contributed by atoms with E-state index < -0.39 is 6.03 Å². The third-order valence-corrected chi connectivity index (χ3v) is 1.26. The first kappa shape index (κ1) is 12.4. The quantitative estimate of drug-likeness (QED) is 0.568. The number of nitrogens with two attached hydrogens (primary N) is 1. The van der Waals surface area contributed by atoms with Gasteiger partial charge in [0.05, 0.1) is 6.21 Å². The molecule has 1 aromatic rings. The lowest BCUT2D eigenvalue weighted by Crippen LogP contribution is -2.24. The maximum Gasteiger partial charge on any atom is 0.332 e. The van der Waals surface area contributed by atoms with E-state index >= 15 is 0 Å². The maximum absolute atomic E-state index is 12.4. The summed E-state index contributed by atoms with van der Waals surface area (Å²) in [4.78, 5) is 10.2. The van der Waals surface area contributed by atoms with Crippen molar-refractivity contribution in [1.29, 1.82) is 0 Å². The van der Waals surface area contributed by atoms with Crippen molar-refractivity contribution in [1.82, 2.24) is 5.43 Å². The molecule has 0 aromatic heterocycles. The molecule has 0 saturated heterocycles. The van der Waals surface area contributed by atoms with Crippen LogP contribution in [0.2, 0.25) is 0 Å². The number of amides is 2. The van der Waals surface area contributed by atoms with Crippen molar-refractivity contribution in [3.63, 3.8) is 0 Å². The number of nitrogens with zero attached hydrogens (tertiary/aromatic N) is 1. The first-order valence-corrected chi connectivity index (χ1v) is 3.52. The molecule has 0 radical (unpaired) electrons. The van der Waals surface area contributed by atoms with Crippen LogP contribution in [0, 0.1) is 5.82 Å². The Balaban J connectivity index is 0.00000169. The summed E-state index contributed by atoms with van der Waals surface area (Å²) in [6, 6.07) is 4.92. The predicted octanol–water partition coefficient (Wildman–Crippen LogP) is 1.25.